The molecule has 0 saturated carbocycles. The summed E-state index contributed by atoms with van der Waals surface area (Å²) >= 11 is 7.38. The quantitative estimate of drug-likeness (QED) is 0.761. The average molecular weight is 396 g/mol. The second-order valence-electron chi connectivity index (χ2n) is 6.03. The van der Waals surface area contributed by atoms with Crippen LogP contribution in [0.4, 0.5) is 5.69 Å². The van der Waals surface area contributed by atoms with Crippen molar-refractivity contribution in [2.24, 2.45) is 0 Å². The number of anilines is 1. The molecule has 0 bridgehead atoms. The molecule has 1 heterocycles. The van der Waals surface area contributed by atoms with Crippen molar-refractivity contribution < 1.29 is 4.79 Å². The molecule has 27 heavy (non-hydrogen) atoms. The fourth-order valence-electron chi connectivity index (χ4n) is 3.09. The SMILES string of the molecule is CSC1=C(C#N)C(c2ccccc2)C(C(=O)Nc2ccc(Cl)cc2)=C(C)N1. The van der Waals surface area contributed by atoms with Crippen LogP contribution < -0.4 is 10.6 Å². The van der Waals surface area contributed by atoms with E-state index < -0.39 is 5.92 Å². The lowest BCUT2D eigenvalue weighted by Gasteiger charge is -2.29. The van der Waals surface area contributed by atoms with E-state index >= 15 is 0 Å². The maximum atomic E-state index is 13.1. The van der Waals surface area contributed by atoms with Gasteiger partial charge in [-0.25, -0.2) is 0 Å². The molecule has 6 heteroatoms. The minimum Gasteiger partial charge on any atom is -0.353 e. The lowest BCUT2D eigenvalue weighted by Crippen LogP contribution is -2.30. The Hall–Kier alpha value is -2.68. The van der Waals surface area contributed by atoms with Gasteiger partial charge >= 0.3 is 0 Å². The fraction of sp³-hybridized carbons (Fsp3) is 0.143. The molecular weight excluding hydrogens is 378 g/mol. The van der Waals surface area contributed by atoms with Gasteiger partial charge in [0.1, 0.15) is 0 Å². The van der Waals surface area contributed by atoms with Crippen LogP contribution in [0.5, 0.6) is 0 Å². The van der Waals surface area contributed by atoms with E-state index in [4.69, 9.17) is 11.6 Å². The molecule has 1 aliphatic heterocycles. The highest BCUT2D eigenvalue weighted by Gasteiger charge is 2.34. The fourth-order valence-corrected chi connectivity index (χ4v) is 3.85. The topological polar surface area (TPSA) is 64.9 Å². The first-order valence-electron chi connectivity index (χ1n) is 8.33. The third-order valence-electron chi connectivity index (χ3n) is 4.33. The van der Waals surface area contributed by atoms with Gasteiger partial charge in [-0.15, -0.1) is 11.8 Å². The van der Waals surface area contributed by atoms with E-state index in [2.05, 4.69) is 16.7 Å². The first-order valence-corrected chi connectivity index (χ1v) is 9.93. The Morgan fingerprint density at radius 1 is 1.19 bits per heavy atom. The normalized spacial score (nSPS) is 16.6. The van der Waals surface area contributed by atoms with Crippen LogP contribution >= 0.6 is 23.4 Å². The van der Waals surface area contributed by atoms with E-state index in [1.807, 2.05) is 43.5 Å². The van der Waals surface area contributed by atoms with E-state index in [1.165, 1.54) is 11.8 Å². The summed E-state index contributed by atoms with van der Waals surface area (Å²) in [6, 6.07) is 18.9. The van der Waals surface area contributed by atoms with E-state index in [0.717, 1.165) is 16.3 Å². The number of thioether (sulfide) groups is 1. The number of halogens is 1. The lowest BCUT2D eigenvalue weighted by atomic mass is 9.82. The predicted molar refractivity (Wildman–Crippen MR) is 111 cm³/mol. The molecule has 1 atom stereocenters. The Kier molecular flexibility index (Phi) is 5.90. The average Bonchev–Trinajstić information content (AvgIpc) is 2.69. The number of carbonyl (C=O) groups excluding carboxylic acids is 1. The van der Waals surface area contributed by atoms with Gasteiger partial charge in [0.15, 0.2) is 0 Å². The number of nitrogens with one attached hydrogen (secondary N) is 2. The molecule has 0 saturated heterocycles. The van der Waals surface area contributed by atoms with Crippen LogP contribution in [0.2, 0.25) is 5.02 Å². The van der Waals surface area contributed by atoms with Crippen LogP contribution in [0.1, 0.15) is 18.4 Å². The zero-order valence-corrected chi connectivity index (χ0v) is 16.5. The van der Waals surface area contributed by atoms with Crippen LogP contribution in [0.3, 0.4) is 0 Å². The molecule has 1 amide bonds. The van der Waals surface area contributed by atoms with Crippen molar-refractivity contribution in [1.82, 2.24) is 5.32 Å². The molecule has 4 nitrogen and oxygen atoms in total. The van der Waals surface area contributed by atoms with E-state index in [1.54, 1.807) is 24.3 Å². The standard InChI is InChI=1S/C21H18ClN3OS/c1-13-18(20(26)25-16-10-8-15(22)9-11-16)19(14-6-4-3-5-7-14)17(12-23)21(24-13)27-2/h3-11,19,24H,1-2H3,(H,25,26). The summed E-state index contributed by atoms with van der Waals surface area (Å²) in [4.78, 5) is 13.1. The minimum absolute atomic E-state index is 0.246. The summed E-state index contributed by atoms with van der Waals surface area (Å²) in [6.07, 6.45) is 1.91. The predicted octanol–water partition coefficient (Wildman–Crippen LogP) is 5.04. The Morgan fingerprint density at radius 3 is 2.44 bits per heavy atom. The van der Waals surface area contributed by atoms with Crippen LogP contribution in [0.25, 0.3) is 0 Å². The molecule has 1 unspecified atom stereocenters. The molecule has 1 aliphatic rings. The summed E-state index contributed by atoms with van der Waals surface area (Å²) in [7, 11) is 0. The van der Waals surface area contributed by atoms with Crippen molar-refractivity contribution in [1.29, 1.82) is 5.26 Å². The summed E-state index contributed by atoms with van der Waals surface area (Å²) in [6.45, 7) is 1.86. The van der Waals surface area contributed by atoms with Crippen molar-refractivity contribution in [3.63, 3.8) is 0 Å². The van der Waals surface area contributed by atoms with Crippen molar-refractivity contribution in [3.8, 4) is 6.07 Å². The monoisotopic (exact) mass is 395 g/mol. The number of hydrogen-bond acceptors (Lipinski definition) is 4. The zero-order chi connectivity index (χ0) is 19.4. The van der Waals surface area contributed by atoms with Crippen LogP contribution in [0.15, 0.2) is 76.5 Å². The van der Waals surface area contributed by atoms with E-state index in [-0.39, 0.29) is 5.91 Å². The minimum atomic E-state index is -0.424. The maximum Gasteiger partial charge on any atom is 0.254 e. The lowest BCUT2D eigenvalue weighted by molar-refractivity contribution is -0.113. The summed E-state index contributed by atoms with van der Waals surface area (Å²) in [5.41, 5.74) is 3.36. The molecule has 0 aromatic heterocycles. The molecule has 2 aromatic carbocycles. The molecule has 0 radical (unpaired) electrons. The third kappa shape index (κ3) is 4.02. The smallest absolute Gasteiger partial charge is 0.254 e. The molecule has 3 rings (SSSR count). The number of amides is 1. The number of hydrogen-bond donors (Lipinski definition) is 2. The third-order valence-corrected chi connectivity index (χ3v) is 5.31. The van der Waals surface area contributed by atoms with Crippen molar-refractivity contribution in [3.05, 3.63) is 87.1 Å². The van der Waals surface area contributed by atoms with Gasteiger partial charge in [-0.3, -0.25) is 4.79 Å². The first kappa shape index (κ1) is 19.1. The Balaban J connectivity index is 2.04. The zero-order valence-electron chi connectivity index (χ0n) is 14.9. The van der Waals surface area contributed by atoms with Gasteiger partial charge < -0.3 is 10.6 Å². The Morgan fingerprint density at radius 2 is 1.85 bits per heavy atom. The molecule has 0 aliphatic carbocycles. The molecule has 0 fully saturated rings. The Bertz CT molecular complexity index is 959. The number of carbonyl (C=O) groups is 1. The van der Waals surface area contributed by atoms with Crippen LogP contribution in [-0.4, -0.2) is 12.2 Å². The highest BCUT2D eigenvalue weighted by Crippen LogP contribution is 2.40. The second-order valence-corrected chi connectivity index (χ2v) is 7.28. The van der Waals surface area contributed by atoms with Gasteiger partial charge in [0.25, 0.3) is 5.91 Å². The van der Waals surface area contributed by atoms with E-state index in [9.17, 15) is 10.1 Å². The second kappa shape index (κ2) is 8.34. The number of dihydropyridines is 1. The molecule has 2 aromatic rings. The van der Waals surface area contributed by atoms with E-state index in [0.29, 0.717) is 21.9 Å². The van der Waals surface area contributed by atoms with Crippen molar-refractivity contribution in [2.75, 3.05) is 11.6 Å². The van der Waals surface area contributed by atoms with Gasteiger partial charge in [0.05, 0.1) is 22.6 Å². The summed E-state index contributed by atoms with van der Waals surface area (Å²) in [5, 5.41) is 17.3. The molecule has 0 spiro atoms. The number of nitrogens with zero attached hydrogens (tertiary/aromatic N) is 1. The molecule has 2 N–H and O–H groups in total. The Labute approximate surface area is 167 Å². The number of rotatable bonds is 4. The van der Waals surface area contributed by atoms with Gasteiger partial charge in [-0.05, 0) is 43.0 Å². The molecular formula is C21H18ClN3OS. The van der Waals surface area contributed by atoms with Gasteiger partial charge in [0, 0.05) is 22.0 Å². The van der Waals surface area contributed by atoms with Crippen molar-refractivity contribution in [2.45, 2.75) is 12.8 Å². The maximum absolute atomic E-state index is 13.1. The largest absolute Gasteiger partial charge is 0.353 e. The summed E-state index contributed by atoms with van der Waals surface area (Å²) in [5.74, 6) is -0.670. The van der Waals surface area contributed by atoms with Gasteiger partial charge in [0.2, 0.25) is 0 Å². The number of nitriles is 1. The van der Waals surface area contributed by atoms with Crippen LogP contribution in [-0.2, 0) is 4.79 Å². The highest BCUT2D eigenvalue weighted by molar-refractivity contribution is 8.02. The van der Waals surface area contributed by atoms with Gasteiger partial charge in [-0.2, -0.15) is 5.26 Å². The number of benzene rings is 2. The van der Waals surface area contributed by atoms with Crippen molar-refractivity contribution >= 4 is 35.0 Å². The highest BCUT2D eigenvalue weighted by atomic mass is 35.5. The molecule has 136 valence electrons. The first-order chi connectivity index (χ1) is 13.0. The van der Waals surface area contributed by atoms with Gasteiger partial charge in [-0.1, -0.05) is 41.9 Å². The summed E-state index contributed by atoms with van der Waals surface area (Å²) < 4.78 is 0. The van der Waals surface area contributed by atoms with Crippen LogP contribution in [0, 0.1) is 11.3 Å². The number of allylic oxidation sites excluding steroid dienone is 2.